The third kappa shape index (κ3) is 1.94. The molecule has 0 aliphatic carbocycles. The summed E-state index contributed by atoms with van der Waals surface area (Å²) >= 11 is 0. The predicted molar refractivity (Wildman–Crippen MR) is 83.8 cm³/mol. The van der Waals surface area contributed by atoms with Crippen LogP contribution in [0.1, 0.15) is 5.56 Å². The van der Waals surface area contributed by atoms with Crippen molar-refractivity contribution in [1.29, 1.82) is 0 Å². The summed E-state index contributed by atoms with van der Waals surface area (Å²) in [6.07, 6.45) is 0. The summed E-state index contributed by atoms with van der Waals surface area (Å²) in [5, 5.41) is 2.21. The molecule has 0 saturated heterocycles. The molecule has 1 aliphatic heterocycles. The van der Waals surface area contributed by atoms with Gasteiger partial charge in [-0.15, -0.1) is 0 Å². The largest absolute Gasteiger partial charge is 0.497 e. The molecule has 1 aliphatic rings. The minimum absolute atomic E-state index is 0.615. The van der Waals surface area contributed by atoms with E-state index < -0.39 is 0 Å². The number of benzene rings is 3. The summed E-state index contributed by atoms with van der Waals surface area (Å²) in [6, 6.07) is 19.9. The molecule has 0 spiro atoms. The Morgan fingerprint density at radius 2 is 1.67 bits per heavy atom. The van der Waals surface area contributed by atoms with E-state index in [-0.39, 0.29) is 0 Å². The van der Waals surface area contributed by atoms with E-state index in [1.807, 2.05) is 48.5 Å². The fourth-order valence-electron chi connectivity index (χ4n) is 2.56. The Morgan fingerprint density at radius 1 is 0.905 bits per heavy atom. The van der Waals surface area contributed by atoms with E-state index in [0.717, 1.165) is 33.5 Å². The Morgan fingerprint density at radius 3 is 2.43 bits per heavy atom. The minimum atomic E-state index is 0.615. The van der Waals surface area contributed by atoms with Crippen LogP contribution in [0.15, 0.2) is 65.7 Å². The first kappa shape index (κ1) is 12.0. The number of rotatable bonds is 2. The maximum atomic E-state index is 5.97. The molecule has 0 amide bonds. The molecule has 0 saturated carbocycles. The van der Waals surface area contributed by atoms with Gasteiger partial charge in [0.2, 0.25) is 5.90 Å². The third-order valence-electron chi connectivity index (χ3n) is 3.61. The van der Waals surface area contributed by atoms with Gasteiger partial charge in [-0.05, 0) is 41.8 Å². The van der Waals surface area contributed by atoms with Gasteiger partial charge in [-0.2, -0.15) is 0 Å². The highest BCUT2D eigenvalue weighted by Gasteiger charge is 2.17. The molecule has 0 fully saturated rings. The van der Waals surface area contributed by atoms with E-state index in [1.165, 1.54) is 0 Å². The molecule has 1 heterocycles. The highest BCUT2D eigenvalue weighted by Crippen LogP contribution is 2.38. The first-order valence-electron chi connectivity index (χ1n) is 6.78. The molecule has 3 aromatic carbocycles. The maximum Gasteiger partial charge on any atom is 0.227 e. The van der Waals surface area contributed by atoms with E-state index in [2.05, 4.69) is 17.1 Å². The second kappa shape index (κ2) is 4.63. The fraction of sp³-hybridized carbons (Fsp3) is 0.0556. The molecular weight excluding hydrogens is 262 g/mol. The van der Waals surface area contributed by atoms with Crippen molar-refractivity contribution in [3.05, 3.63) is 66.2 Å². The second-order valence-electron chi connectivity index (χ2n) is 4.88. The lowest BCUT2D eigenvalue weighted by atomic mass is 10.1. The van der Waals surface area contributed by atoms with Crippen LogP contribution in [0.3, 0.4) is 0 Å². The fourth-order valence-corrected chi connectivity index (χ4v) is 2.56. The molecule has 21 heavy (non-hydrogen) atoms. The van der Waals surface area contributed by atoms with E-state index in [4.69, 9.17) is 9.47 Å². The molecule has 3 aromatic rings. The van der Waals surface area contributed by atoms with Gasteiger partial charge in [-0.3, -0.25) is 0 Å². The van der Waals surface area contributed by atoms with Crippen LogP contribution in [0.5, 0.6) is 11.5 Å². The lowest BCUT2D eigenvalue weighted by Crippen LogP contribution is -2.12. The molecule has 0 aromatic heterocycles. The molecule has 102 valence electrons. The normalized spacial score (nSPS) is 12.7. The van der Waals surface area contributed by atoms with Crippen molar-refractivity contribution in [3.8, 4) is 11.5 Å². The summed E-state index contributed by atoms with van der Waals surface area (Å²) in [5.41, 5.74) is 1.88. The highest BCUT2D eigenvalue weighted by atomic mass is 16.5. The van der Waals surface area contributed by atoms with Gasteiger partial charge in [-0.25, -0.2) is 4.99 Å². The van der Waals surface area contributed by atoms with Gasteiger partial charge in [-0.1, -0.05) is 24.3 Å². The molecule has 4 rings (SSSR count). The van der Waals surface area contributed by atoms with Crippen LogP contribution in [0, 0.1) is 0 Å². The number of hydrogen-bond acceptors (Lipinski definition) is 3. The van der Waals surface area contributed by atoms with Crippen LogP contribution in [0.4, 0.5) is 5.69 Å². The number of nitrogens with zero attached hydrogens (tertiary/aromatic N) is 1. The predicted octanol–water partition coefficient (Wildman–Crippen LogP) is 4.32. The summed E-state index contributed by atoms with van der Waals surface area (Å²) in [7, 11) is 1.65. The van der Waals surface area contributed by atoms with Gasteiger partial charge in [0, 0.05) is 5.56 Å². The maximum absolute atomic E-state index is 5.97. The molecule has 0 atom stereocenters. The van der Waals surface area contributed by atoms with E-state index in [0.29, 0.717) is 5.90 Å². The topological polar surface area (TPSA) is 30.8 Å². The molecule has 3 nitrogen and oxygen atoms in total. The summed E-state index contributed by atoms with van der Waals surface area (Å²) in [5.74, 6) is 2.28. The lowest BCUT2D eigenvalue weighted by molar-refractivity contribution is 0.414. The first-order chi connectivity index (χ1) is 10.3. The lowest BCUT2D eigenvalue weighted by Gasteiger charge is -2.17. The molecule has 0 bridgehead atoms. The molecule has 0 unspecified atom stereocenters. The van der Waals surface area contributed by atoms with Crippen molar-refractivity contribution in [2.24, 2.45) is 4.99 Å². The Kier molecular flexibility index (Phi) is 2.64. The average molecular weight is 275 g/mol. The third-order valence-corrected chi connectivity index (χ3v) is 3.61. The van der Waals surface area contributed by atoms with Crippen molar-refractivity contribution >= 4 is 22.4 Å². The van der Waals surface area contributed by atoms with Crippen molar-refractivity contribution in [2.75, 3.05) is 7.11 Å². The van der Waals surface area contributed by atoms with Crippen LogP contribution in [0.2, 0.25) is 0 Å². The first-order valence-corrected chi connectivity index (χ1v) is 6.78. The van der Waals surface area contributed by atoms with E-state index in [1.54, 1.807) is 7.11 Å². The van der Waals surface area contributed by atoms with Gasteiger partial charge in [0.05, 0.1) is 18.2 Å². The van der Waals surface area contributed by atoms with Crippen molar-refractivity contribution in [3.63, 3.8) is 0 Å². The van der Waals surface area contributed by atoms with Crippen molar-refractivity contribution in [2.45, 2.75) is 0 Å². The average Bonchev–Trinajstić information content (AvgIpc) is 2.55. The highest BCUT2D eigenvalue weighted by molar-refractivity contribution is 6.07. The Bertz CT molecular complexity index is 845. The van der Waals surface area contributed by atoms with Crippen molar-refractivity contribution < 1.29 is 9.47 Å². The number of aliphatic imine (C=N–C) groups is 1. The Balaban J connectivity index is 1.85. The van der Waals surface area contributed by atoms with Gasteiger partial charge < -0.3 is 9.47 Å². The SMILES string of the molecule is COc1ccc(C2=Nc3cccc4cccc(c34)O2)cc1. The molecular formula is C18H13NO2. The Hall–Kier alpha value is -2.81. The summed E-state index contributed by atoms with van der Waals surface area (Å²) in [4.78, 5) is 4.64. The molecule has 0 N–H and O–H groups in total. The summed E-state index contributed by atoms with van der Waals surface area (Å²) in [6.45, 7) is 0. The van der Waals surface area contributed by atoms with Crippen LogP contribution >= 0.6 is 0 Å². The zero-order valence-electron chi connectivity index (χ0n) is 11.5. The number of ether oxygens (including phenoxy) is 2. The summed E-state index contributed by atoms with van der Waals surface area (Å²) < 4.78 is 11.2. The molecule has 0 radical (unpaired) electrons. The number of hydrogen-bond donors (Lipinski definition) is 0. The second-order valence-corrected chi connectivity index (χ2v) is 4.88. The smallest absolute Gasteiger partial charge is 0.227 e. The van der Waals surface area contributed by atoms with Gasteiger partial charge in [0.25, 0.3) is 0 Å². The van der Waals surface area contributed by atoms with E-state index in [9.17, 15) is 0 Å². The standard InChI is InChI=1S/C18H13NO2/c1-20-14-10-8-13(9-11-14)18-19-15-6-2-4-12-5-3-7-16(21-18)17(12)15/h2-11H,1H3. The van der Waals surface area contributed by atoms with Crippen LogP contribution in [-0.4, -0.2) is 13.0 Å². The van der Waals surface area contributed by atoms with Crippen LogP contribution in [-0.2, 0) is 0 Å². The minimum Gasteiger partial charge on any atom is -0.497 e. The quantitative estimate of drug-likeness (QED) is 0.697. The molecule has 3 heteroatoms. The van der Waals surface area contributed by atoms with Gasteiger partial charge in [0.1, 0.15) is 11.5 Å². The monoisotopic (exact) mass is 275 g/mol. The van der Waals surface area contributed by atoms with Crippen molar-refractivity contribution in [1.82, 2.24) is 0 Å². The van der Waals surface area contributed by atoms with Gasteiger partial charge >= 0.3 is 0 Å². The Labute approximate surface area is 122 Å². The van der Waals surface area contributed by atoms with Crippen LogP contribution in [0.25, 0.3) is 10.8 Å². The zero-order chi connectivity index (χ0) is 14.2. The van der Waals surface area contributed by atoms with E-state index >= 15 is 0 Å². The zero-order valence-corrected chi connectivity index (χ0v) is 11.5. The number of methoxy groups -OCH3 is 1. The van der Waals surface area contributed by atoms with Gasteiger partial charge in [0.15, 0.2) is 0 Å². The van der Waals surface area contributed by atoms with Crippen LogP contribution < -0.4 is 9.47 Å².